The second-order valence-corrected chi connectivity index (χ2v) is 6.67. The molecule has 3 unspecified atom stereocenters. The van der Waals surface area contributed by atoms with Crippen LogP contribution in [0.25, 0.3) is 0 Å². The molecule has 0 amide bonds. The van der Waals surface area contributed by atoms with Crippen molar-refractivity contribution in [2.75, 3.05) is 27.4 Å². The molecule has 2 aliphatic rings. The predicted molar refractivity (Wildman–Crippen MR) is 83.0 cm³/mol. The van der Waals surface area contributed by atoms with Crippen LogP contribution in [0.15, 0.2) is 0 Å². The summed E-state index contributed by atoms with van der Waals surface area (Å²) in [5, 5.41) is 3.80. The molecule has 2 rings (SSSR count). The molecule has 0 saturated heterocycles. The first-order valence-corrected chi connectivity index (χ1v) is 8.60. The molecule has 3 atom stereocenters. The van der Waals surface area contributed by atoms with Crippen molar-refractivity contribution >= 4 is 0 Å². The molecule has 1 N–H and O–H groups in total. The molecule has 20 heavy (non-hydrogen) atoms. The van der Waals surface area contributed by atoms with Crippen molar-refractivity contribution in [3.63, 3.8) is 0 Å². The van der Waals surface area contributed by atoms with Gasteiger partial charge in [0.2, 0.25) is 0 Å². The maximum atomic E-state index is 5.48. The van der Waals surface area contributed by atoms with Gasteiger partial charge >= 0.3 is 0 Å². The Bertz CT molecular complexity index is 253. The summed E-state index contributed by atoms with van der Waals surface area (Å²) in [5.74, 6) is 1.88. The van der Waals surface area contributed by atoms with Crippen LogP contribution < -0.4 is 5.32 Å². The average Bonchev–Trinajstić information content (AvgIpc) is 2.52. The quantitative estimate of drug-likeness (QED) is 0.777. The van der Waals surface area contributed by atoms with Crippen LogP contribution in [-0.4, -0.2) is 39.5 Å². The Morgan fingerprint density at radius 1 is 0.950 bits per heavy atom. The van der Waals surface area contributed by atoms with E-state index in [1.807, 2.05) is 0 Å². The smallest absolute Gasteiger partial charge is 0.0928 e. The highest BCUT2D eigenvalue weighted by molar-refractivity contribution is 4.87. The van der Waals surface area contributed by atoms with Crippen LogP contribution in [0, 0.1) is 11.8 Å². The Hall–Kier alpha value is -0.120. The minimum Gasteiger partial charge on any atom is -0.382 e. The Labute approximate surface area is 124 Å². The first kappa shape index (κ1) is 16.3. The first-order valence-electron chi connectivity index (χ1n) is 8.60. The molecule has 0 heterocycles. The molecule has 0 spiro atoms. The van der Waals surface area contributed by atoms with E-state index in [9.17, 15) is 0 Å². The van der Waals surface area contributed by atoms with Gasteiger partial charge in [0.1, 0.15) is 0 Å². The van der Waals surface area contributed by atoms with Gasteiger partial charge in [0.05, 0.1) is 12.7 Å². The normalized spacial score (nSPS) is 30.3. The monoisotopic (exact) mass is 283 g/mol. The van der Waals surface area contributed by atoms with E-state index < -0.39 is 0 Å². The molecule has 2 fully saturated rings. The van der Waals surface area contributed by atoms with Crippen LogP contribution in [-0.2, 0) is 9.47 Å². The zero-order valence-corrected chi connectivity index (χ0v) is 13.4. The van der Waals surface area contributed by atoms with Gasteiger partial charge in [0, 0.05) is 26.8 Å². The Morgan fingerprint density at radius 2 is 1.65 bits per heavy atom. The third kappa shape index (κ3) is 4.71. The van der Waals surface area contributed by atoms with Gasteiger partial charge in [-0.05, 0) is 24.7 Å². The second-order valence-electron chi connectivity index (χ2n) is 6.67. The van der Waals surface area contributed by atoms with E-state index in [-0.39, 0.29) is 6.10 Å². The molecule has 0 aromatic heterocycles. The maximum Gasteiger partial charge on any atom is 0.0928 e. The second kappa shape index (κ2) is 9.01. The number of hydrogen-bond acceptors (Lipinski definition) is 3. The van der Waals surface area contributed by atoms with Crippen LogP contribution in [0.2, 0.25) is 0 Å². The Morgan fingerprint density at radius 3 is 2.35 bits per heavy atom. The first-order chi connectivity index (χ1) is 9.85. The third-order valence-electron chi connectivity index (χ3n) is 5.37. The zero-order valence-electron chi connectivity index (χ0n) is 13.4. The van der Waals surface area contributed by atoms with Gasteiger partial charge in [-0.25, -0.2) is 0 Å². The van der Waals surface area contributed by atoms with E-state index in [1.165, 1.54) is 57.8 Å². The van der Waals surface area contributed by atoms with Crippen LogP contribution in [0.4, 0.5) is 0 Å². The van der Waals surface area contributed by atoms with Crippen LogP contribution in [0.1, 0.15) is 57.8 Å². The van der Waals surface area contributed by atoms with Gasteiger partial charge in [-0.3, -0.25) is 0 Å². The molecule has 0 aliphatic heterocycles. The van der Waals surface area contributed by atoms with Crippen LogP contribution in [0.3, 0.4) is 0 Å². The van der Waals surface area contributed by atoms with Gasteiger partial charge in [0.15, 0.2) is 0 Å². The Balaban J connectivity index is 1.82. The highest BCUT2D eigenvalue weighted by Crippen LogP contribution is 2.38. The largest absolute Gasteiger partial charge is 0.382 e. The van der Waals surface area contributed by atoms with Crippen molar-refractivity contribution in [2.24, 2.45) is 11.8 Å². The molecule has 0 bridgehead atoms. The van der Waals surface area contributed by atoms with E-state index in [4.69, 9.17) is 9.47 Å². The topological polar surface area (TPSA) is 30.5 Å². The molecule has 3 nitrogen and oxygen atoms in total. The van der Waals surface area contributed by atoms with Crippen molar-refractivity contribution in [3.05, 3.63) is 0 Å². The van der Waals surface area contributed by atoms with Crippen molar-refractivity contribution in [1.82, 2.24) is 5.32 Å². The minimum atomic E-state index is 0.189. The fourth-order valence-corrected chi connectivity index (χ4v) is 4.22. The Kier molecular flexibility index (Phi) is 7.32. The number of nitrogens with one attached hydrogen (secondary N) is 1. The van der Waals surface area contributed by atoms with E-state index in [0.29, 0.717) is 12.6 Å². The summed E-state index contributed by atoms with van der Waals surface area (Å²) in [5.41, 5.74) is 0. The van der Waals surface area contributed by atoms with Crippen LogP contribution >= 0.6 is 0 Å². The van der Waals surface area contributed by atoms with Gasteiger partial charge < -0.3 is 14.8 Å². The molecule has 2 aliphatic carbocycles. The lowest BCUT2D eigenvalue weighted by molar-refractivity contribution is 0.0229. The van der Waals surface area contributed by atoms with Gasteiger partial charge in [-0.15, -0.1) is 0 Å². The van der Waals surface area contributed by atoms with Crippen molar-refractivity contribution in [3.8, 4) is 0 Å². The van der Waals surface area contributed by atoms with Crippen molar-refractivity contribution in [2.45, 2.75) is 69.9 Å². The number of ether oxygens (including phenoxy) is 2. The number of rotatable bonds is 7. The lowest BCUT2D eigenvalue weighted by atomic mass is 9.71. The lowest BCUT2D eigenvalue weighted by Crippen LogP contribution is -2.46. The highest BCUT2D eigenvalue weighted by Gasteiger charge is 2.32. The van der Waals surface area contributed by atoms with E-state index in [0.717, 1.165) is 18.4 Å². The summed E-state index contributed by atoms with van der Waals surface area (Å²) < 4.78 is 10.7. The standard InChI is InChI=1S/C17H33NO2/c1-19-13-15(20-2)12-18-17-11-7-6-10-16(17)14-8-4-3-5-9-14/h14-18H,3-13H2,1-2H3. The molecule has 0 aromatic carbocycles. The van der Waals surface area contributed by atoms with Crippen LogP contribution in [0.5, 0.6) is 0 Å². The fourth-order valence-electron chi connectivity index (χ4n) is 4.22. The molecule has 3 heteroatoms. The minimum absolute atomic E-state index is 0.189. The zero-order chi connectivity index (χ0) is 14.2. The maximum absolute atomic E-state index is 5.48. The number of hydrogen-bond donors (Lipinski definition) is 1. The summed E-state index contributed by atoms with van der Waals surface area (Å²) in [7, 11) is 3.53. The molecular weight excluding hydrogens is 250 g/mol. The summed E-state index contributed by atoms with van der Waals surface area (Å²) in [6, 6.07) is 0.710. The lowest BCUT2D eigenvalue weighted by Gasteiger charge is -2.40. The van der Waals surface area contributed by atoms with Crippen molar-refractivity contribution in [1.29, 1.82) is 0 Å². The third-order valence-corrected chi connectivity index (χ3v) is 5.37. The van der Waals surface area contributed by atoms with E-state index >= 15 is 0 Å². The van der Waals surface area contributed by atoms with Gasteiger partial charge in [-0.1, -0.05) is 44.9 Å². The SMILES string of the molecule is COCC(CNC1CCCCC1C1CCCCC1)OC. The van der Waals surface area contributed by atoms with E-state index in [1.54, 1.807) is 14.2 Å². The summed E-state index contributed by atoms with van der Waals surface area (Å²) in [6.07, 6.45) is 13.1. The number of methoxy groups -OCH3 is 2. The molecule has 0 aromatic rings. The van der Waals surface area contributed by atoms with Gasteiger partial charge in [-0.2, -0.15) is 0 Å². The average molecular weight is 283 g/mol. The molecular formula is C17H33NO2. The van der Waals surface area contributed by atoms with Gasteiger partial charge in [0.25, 0.3) is 0 Å². The predicted octanol–water partition coefficient (Wildman–Crippen LogP) is 3.38. The molecule has 2 saturated carbocycles. The van der Waals surface area contributed by atoms with Crippen molar-refractivity contribution < 1.29 is 9.47 Å². The fraction of sp³-hybridized carbons (Fsp3) is 1.00. The van der Waals surface area contributed by atoms with E-state index in [2.05, 4.69) is 5.32 Å². The summed E-state index contributed by atoms with van der Waals surface area (Å²) >= 11 is 0. The summed E-state index contributed by atoms with van der Waals surface area (Å²) in [6.45, 7) is 1.61. The summed E-state index contributed by atoms with van der Waals surface area (Å²) in [4.78, 5) is 0. The highest BCUT2D eigenvalue weighted by atomic mass is 16.5. The molecule has 0 radical (unpaired) electrons. The molecule has 118 valence electrons.